The Bertz CT molecular complexity index is 434. The molecule has 1 aromatic rings. The molecule has 2 bridgehead atoms. The quantitative estimate of drug-likeness (QED) is 0.884. The lowest BCUT2D eigenvalue weighted by Gasteiger charge is -2.36. The highest BCUT2D eigenvalue weighted by atomic mass is 32.2. The van der Waals surface area contributed by atoms with Gasteiger partial charge in [0.15, 0.2) is 0 Å². The number of phenolic OH excluding ortho intramolecular Hbond substituents is 1. The minimum Gasteiger partial charge on any atom is -0.508 e. The van der Waals surface area contributed by atoms with Crippen molar-refractivity contribution in [3.63, 3.8) is 0 Å². The van der Waals surface area contributed by atoms with Crippen LogP contribution in [0.15, 0.2) is 23.1 Å². The highest BCUT2D eigenvalue weighted by Gasteiger charge is 2.38. The van der Waals surface area contributed by atoms with Crippen molar-refractivity contribution >= 4 is 11.8 Å². The fourth-order valence-electron chi connectivity index (χ4n) is 3.40. The Labute approximate surface area is 113 Å². The number of thioether (sulfide) groups is 1. The monoisotopic (exact) mass is 263 g/mol. The molecule has 3 heteroatoms. The third-order valence-corrected chi connectivity index (χ3v) is 5.94. The molecule has 2 saturated heterocycles. The molecular weight excluding hydrogens is 242 g/mol. The standard InChI is InChI=1S/C15H21NOS/c1-10-7-13(17)5-6-15(10)18-14-8-11-3-4-12(9-14)16(11)2/h5-7,11-12,14,17H,3-4,8-9H2,1-2H3/t11-,12+,14-. The molecule has 0 unspecified atom stereocenters. The van der Waals surface area contributed by atoms with E-state index in [1.807, 2.05) is 17.8 Å². The first-order valence-corrected chi connectivity index (χ1v) is 7.69. The predicted octanol–water partition coefficient (Wildman–Crippen LogP) is 3.42. The van der Waals surface area contributed by atoms with Gasteiger partial charge in [-0.25, -0.2) is 0 Å². The zero-order valence-corrected chi connectivity index (χ0v) is 11.9. The van der Waals surface area contributed by atoms with Crippen LogP contribution in [0.25, 0.3) is 0 Å². The zero-order valence-electron chi connectivity index (χ0n) is 11.1. The number of aromatic hydroxyl groups is 1. The normalized spacial score (nSPS) is 31.8. The number of hydrogen-bond donors (Lipinski definition) is 1. The Kier molecular flexibility index (Phi) is 3.29. The number of rotatable bonds is 2. The van der Waals surface area contributed by atoms with Crippen molar-refractivity contribution in [2.45, 2.75) is 54.8 Å². The van der Waals surface area contributed by atoms with E-state index in [9.17, 15) is 5.11 Å². The molecule has 98 valence electrons. The fraction of sp³-hybridized carbons (Fsp3) is 0.600. The van der Waals surface area contributed by atoms with E-state index in [1.165, 1.54) is 36.1 Å². The smallest absolute Gasteiger partial charge is 0.115 e. The lowest BCUT2D eigenvalue weighted by Crippen LogP contribution is -2.40. The van der Waals surface area contributed by atoms with E-state index in [2.05, 4.69) is 24.9 Å². The molecule has 0 amide bonds. The Morgan fingerprint density at radius 3 is 2.50 bits per heavy atom. The number of aryl methyl sites for hydroxylation is 1. The molecule has 2 aliphatic heterocycles. The van der Waals surface area contributed by atoms with Crippen molar-refractivity contribution in [1.82, 2.24) is 4.90 Å². The zero-order chi connectivity index (χ0) is 12.7. The van der Waals surface area contributed by atoms with Gasteiger partial charge in [-0.15, -0.1) is 11.8 Å². The van der Waals surface area contributed by atoms with E-state index in [0.717, 1.165) is 17.3 Å². The Balaban J connectivity index is 1.70. The Morgan fingerprint density at radius 2 is 1.89 bits per heavy atom. The van der Waals surface area contributed by atoms with Crippen molar-refractivity contribution in [1.29, 1.82) is 0 Å². The van der Waals surface area contributed by atoms with Crippen molar-refractivity contribution < 1.29 is 5.11 Å². The highest BCUT2D eigenvalue weighted by Crippen LogP contribution is 2.42. The predicted molar refractivity (Wildman–Crippen MR) is 76.3 cm³/mol. The van der Waals surface area contributed by atoms with Crippen molar-refractivity contribution in [3.8, 4) is 5.75 Å². The molecular formula is C15H21NOS. The molecule has 0 saturated carbocycles. The lowest BCUT2D eigenvalue weighted by atomic mass is 10.0. The molecule has 18 heavy (non-hydrogen) atoms. The van der Waals surface area contributed by atoms with Gasteiger partial charge in [0.1, 0.15) is 5.75 Å². The third-order valence-electron chi connectivity index (χ3n) is 4.51. The maximum absolute atomic E-state index is 9.46. The second-order valence-electron chi connectivity index (χ2n) is 5.71. The summed E-state index contributed by atoms with van der Waals surface area (Å²) in [7, 11) is 2.29. The highest BCUT2D eigenvalue weighted by molar-refractivity contribution is 8.00. The van der Waals surface area contributed by atoms with Crippen LogP contribution in [0.3, 0.4) is 0 Å². The van der Waals surface area contributed by atoms with Crippen LogP contribution in [0.5, 0.6) is 5.75 Å². The maximum atomic E-state index is 9.46. The first-order valence-electron chi connectivity index (χ1n) is 6.81. The molecule has 1 aromatic carbocycles. The number of nitrogens with zero attached hydrogens (tertiary/aromatic N) is 1. The summed E-state index contributed by atoms with van der Waals surface area (Å²) >= 11 is 2.01. The summed E-state index contributed by atoms with van der Waals surface area (Å²) in [6.07, 6.45) is 5.40. The van der Waals surface area contributed by atoms with Gasteiger partial charge in [0.05, 0.1) is 0 Å². The van der Waals surface area contributed by atoms with E-state index in [4.69, 9.17) is 0 Å². The average molecular weight is 263 g/mol. The molecule has 0 aliphatic carbocycles. The van der Waals surface area contributed by atoms with E-state index >= 15 is 0 Å². The van der Waals surface area contributed by atoms with Crippen LogP contribution in [0.1, 0.15) is 31.2 Å². The minimum absolute atomic E-state index is 0.375. The molecule has 0 aromatic heterocycles. The van der Waals surface area contributed by atoms with Crippen molar-refractivity contribution in [3.05, 3.63) is 23.8 Å². The number of benzene rings is 1. The van der Waals surface area contributed by atoms with E-state index in [0.29, 0.717) is 5.75 Å². The molecule has 2 fully saturated rings. The molecule has 2 aliphatic rings. The second-order valence-corrected chi connectivity index (χ2v) is 7.05. The van der Waals surface area contributed by atoms with E-state index in [-0.39, 0.29) is 0 Å². The first kappa shape index (κ1) is 12.4. The van der Waals surface area contributed by atoms with Crippen LogP contribution in [-0.2, 0) is 0 Å². The number of hydrogen-bond acceptors (Lipinski definition) is 3. The summed E-state index contributed by atoms with van der Waals surface area (Å²) in [5.41, 5.74) is 1.20. The van der Waals surface area contributed by atoms with Gasteiger partial charge in [0.25, 0.3) is 0 Å². The Hall–Kier alpha value is -0.670. The lowest BCUT2D eigenvalue weighted by molar-refractivity contribution is 0.183. The summed E-state index contributed by atoms with van der Waals surface area (Å²) in [4.78, 5) is 3.92. The summed E-state index contributed by atoms with van der Waals surface area (Å²) in [5.74, 6) is 0.375. The van der Waals surface area contributed by atoms with Crippen LogP contribution in [-0.4, -0.2) is 34.4 Å². The van der Waals surface area contributed by atoms with Crippen LogP contribution >= 0.6 is 11.8 Å². The number of fused-ring (bicyclic) bond motifs is 2. The molecule has 3 rings (SSSR count). The number of phenols is 1. The van der Waals surface area contributed by atoms with E-state index in [1.54, 1.807) is 6.07 Å². The third kappa shape index (κ3) is 2.26. The maximum Gasteiger partial charge on any atom is 0.115 e. The summed E-state index contributed by atoms with van der Waals surface area (Å²) in [5, 5.41) is 10.2. The van der Waals surface area contributed by atoms with Gasteiger partial charge < -0.3 is 10.0 Å². The van der Waals surface area contributed by atoms with Crippen LogP contribution in [0, 0.1) is 6.92 Å². The van der Waals surface area contributed by atoms with Gasteiger partial charge in [-0.2, -0.15) is 0 Å². The van der Waals surface area contributed by atoms with Gasteiger partial charge in [-0.1, -0.05) is 0 Å². The van der Waals surface area contributed by atoms with Gasteiger partial charge in [-0.05, 0) is 63.4 Å². The first-order chi connectivity index (χ1) is 8.63. The molecule has 0 radical (unpaired) electrons. The SMILES string of the molecule is Cc1cc(O)ccc1S[C@@H]1C[C@H]2CC[C@@H](C1)N2C. The molecule has 2 nitrogen and oxygen atoms in total. The van der Waals surface area contributed by atoms with Crippen LogP contribution in [0.4, 0.5) is 0 Å². The van der Waals surface area contributed by atoms with Crippen molar-refractivity contribution in [2.75, 3.05) is 7.05 Å². The van der Waals surface area contributed by atoms with Gasteiger partial charge in [0, 0.05) is 22.2 Å². The van der Waals surface area contributed by atoms with E-state index < -0.39 is 0 Å². The average Bonchev–Trinajstić information content (AvgIpc) is 2.57. The Morgan fingerprint density at radius 1 is 1.22 bits per heavy atom. The molecule has 3 atom stereocenters. The largest absolute Gasteiger partial charge is 0.508 e. The summed E-state index contributed by atoms with van der Waals surface area (Å²) < 4.78 is 0. The summed E-state index contributed by atoms with van der Waals surface area (Å²) in [6, 6.07) is 7.35. The second kappa shape index (κ2) is 4.78. The van der Waals surface area contributed by atoms with Gasteiger partial charge in [0.2, 0.25) is 0 Å². The fourth-order valence-corrected chi connectivity index (χ4v) is 4.79. The summed E-state index contributed by atoms with van der Waals surface area (Å²) in [6.45, 7) is 2.09. The molecule has 1 N–H and O–H groups in total. The van der Waals surface area contributed by atoms with Gasteiger partial charge in [-0.3, -0.25) is 0 Å². The van der Waals surface area contributed by atoms with Gasteiger partial charge >= 0.3 is 0 Å². The molecule has 0 spiro atoms. The van der Waals surface area contributed by atoms with Crippen LogP contribution in [0.2, 0.25) is 0 Å². The topological polar surface area (TPSA) is 23.5 Å². The van der Waals surface area contributed by atoms with Crippen molar-refractivity contribution in [2.24, 2.45) is 0 Å². The minimum atomic E-state index is 0.375. The van der Waals surface area contributed by atoms with Crippen LogP contribution < -0.4 is 0 Å². The molecule has 2 heterocycles. The number of piperidine rings is 1.